The molecule has 0 spiro atoms. The second-order valence-corrected chi connectivity index (χ2v) is 2.05. The molecule has 10 heavy (non-hydrogen) atoms. The van der Waals surface area contributed by atoms with Crippen LogP contribution in [0.3, 0.4) is 0 Å². The first-order chi connectivity index (χ1) is 4.86. The predicted molar refractivity (Wildman–Crippen MR) is 35.2 cm³/mol. The lowest BCUT2D eigenvalue weighted by atomic mass is 10.4. The zero-order valence-corrected chi connectivity index (χ0v) is 5.16. The number of rotatable bonds is 0. The van der Waals surface area contributed by atoms with Gasteiger partial charge in [0.25, 0.3) is 0 Å². The average Bonchev–Trinajstić information content (AvgIpc) is 2.33. The molecule has 2 aromatic heterocycles. The molecule has 0 bridgehead atoms. The molecule has 0 aliphatic rings. The molecule has 3 heteroatoms. The number of hydrogen-bond acceptors (Lipinski definition) is 1. The van der Waals surface area contributed by atoms with Crippen molar-refractivity contribution < 1.29 is 4.39 Å². The van der Waals surface area contributed by atoms with Crippen LogP contribution in [0.15, 0.2) is 30.6 Å². The number of halogens is 1. The van der Waals surface area contributed by atoms with Gasteiger partial charge in [-0.1, -0.05) is 0 Å². The standard InChI is InChI=1S/C7H5FN2/c8-6-2-4-10-7(5-6)1-3-9-10/h1-5H. The summed E-state index contributed by atoms with van der Waals surface area (Å²) in [5, 5.41) is 3.91. The van der Waals surface area contributed by atoms with Crippen LogP contribution < -0.4 is 0 Å². The Morgan fingerprint density at radius 1 is 1.40 bits per heavy atom. The van der Waals surface area contributed by atoms with Crippen LogP contribution in [0, 0.1) is 5.82 Å². The third-order valence-corrected chi connectivity index (χ3v) is 1.36. The number of nitrogens with zero attached hydrogens (tertiary/aromatic N) is 2. The van der Waals surface area contributed by atoms with Crippen LogP contribution in [0.4, 0.5) is 4.39 Å². The predicted octanol–water partition coefficient (Wildman–Crippen LogP) is 1.47. The van der Waals surface area contributed by atoms with Crippen molar-refractivity contribution in [1.82, 2.24) is 9.61 Å². The van der Waals surface area contributed by atoms with Gasteiger partial charge in [-0.15, -0.1) is 0 Å². The first-order valence-electron chi connectivity index (χ1n) is 2.95. The third-order valence-electron chi connectivity index (χ3n) is 1.36. The van der Waals surface area contributed by atoms with E-state index in [-0.39, 0.29) is 5.82 Å². The van der Waals surface area contributed by atoms with E-state index in [0.29, 0.717) is 0 Å². The fourth-order valence-corrected chi connectivity index (χ4v) is 0.895. The highest BCUT2D eigenvalue weighted by atomic mass is 19.1. The van der Waals surface area contributed by atoms with E-state index >= 15 is 0 Å². The summed E-state index contributed by atoms with van der Waals surface area (Å²) in [7, 11) is 0. The van der Waals surface area contributed by atoms with Crippen molar-refractivity contribution >= 4 is 5.52 Å². The third kappa shape index (κ3) is 0.673. The molecule has 0 unspecified atom stereocenters. The summed E-state index contributed by atoms with van der Waals surface area (Å²) < 4.78 is 14.1. The van der Waals surface area contributed by atoms with Crippen LogP contribution in [0.25, 0.3) is 5.52 Å². The molecular formula is C7H5FN2. The topological polar surface area (TPSA) is 17.3 Å². The Morgan fingerprint density at radius 3 is 3.20 bits per heavy atom. The van der Waals surface area contributed by atoms with Gasteiger partial charge in [0.15, 0.2) is 0 Å². The smallest absolute Gasteiger partial charge is 0.126 e. The van der Waals surface area contributed by atoms with Crippen molar-refractivity contribution in [2.24, 2.45) is 0 Å². The van der Waals surface area contributed by atoms with Gasteiger partial charge in [-0.25, -0.2) is 8.91 Å². The lowest BCUT2D eigenvalue weighted by molar-refractivity contribution is 0.625. The van der Waals surface area contributed by atoms with E-state index in [4.69, 9.17) is 0 Å². The van der Waals surface area contributed by atoms with E-state index in [1.54, 1.807) is 23.0 Å². The van der Waals surface area contributed by atoms with Crippen LogP contribution >= 0.6 is 0 Å². The van der Waals surface area contributed by atoms with E-state index in [0.717, 1.165) is 5.52 Å². The average molecular weight is 136 g/mol. The minimum absolute atomic E-state index is 0.229. The van der Waals surface area contributed by atoms with Crippen LogP contribution in [-0.4, -0.2) is 9.61 Å². The van der Waals surface area contributed by atoms with E-state index in [2.05, 4.69) is 5.10 Å². The Morgan fingerprint density at radius 2 is 2.30 bits per heavy atom. The fourth-order valence-electron chi connectivity index (χ4n) is 0.895. The van der Waals surface area contributed by atoms with Gasteiger partial charge in [-0.2, -0.15) is 5.10 Å². The van der Waals surface area contributed by atoms with E-state index in [1.165, 1.54) is 12.1 Å². The van der Waals surface area contributed by atoms with Crippen molar-refractivity contribution in [2.75, 3.05) is 0 Å². The second kappa shape index (κ2) is 1.80. The number of fused-ring (bicyclic) bond motifs is 1. The number of hydrogen-bond donors (Lipinski definition) is 0. The fraction of sp³-hybridized carbons (Fsp3) is 0. The summed E-state index contributed by atoms with van der Waals surface area (Å²) >= 11 is 0. The lowest BCUT2D eigenvalue weighted by Crippen LogP contribution is -1.85. The summed E-state index contributed by atoms with van der Waals surface area (Å²) in [4.78, 5) is 0. The van der Waals surface area contributed by atoms with Gasteiger partial charge in [0, 0.05) is 12.4 Å². The maximum atomic E-state index is 12.5. The maximum absolute atomic E-state index is 12.5. The van der Waals surface area contributed by atoms with Crippen LogP contribution in [0.1, 0.15) is 0 Å². The second-order valence-electron chi connectivity index (χ2n) is 2.05. The largest absolute Gasteiger partial charge is 0.241 e. The van der Waals surface area contributed by atoms with E-state index < -0.39 is 0 Å². The first kappa shape index (κ1) is 5.41. The van der Waals surface area contributed by atoms with E-state index in [9.17, 15) is 4.39 Å². The van der Waals surface area contributed by atoms with Crippen LogP contribution in [0.5, 0.6) is 0 Å². The van der Waals surface area contributed by atoms with Crippen LogP contribution in [-0.2, 0) is 0 Å². The zero-order valence-electron chi connectivity index (χ0n) is 5.16. The van der Waals surface area contributed by atoms with Gasteiger partial charge in [-0.05, 0) is 18.2 Å². The minimum Gasteiger partial charge on any atom is -0.241 e. The van der Waals surface area contributed by atoms with Crippen molar-refractivity contribution in [2.45, 2.75) is 0 Å². The molecule has 2 nitrogen and oxygen atoms in total. The summed E-state index contributed by atoms with van der Waals surface area (Å²) in [5.41, 5.74) is 0.778. The molecule has 50 valence electrons. The maximum Gasteiger partial charge on any atom is 0.126 e. The van der Waals surface area contributed by atoms with Gasteiger partial charge in [0.1, 0.15) is 5.82 Å². The SMILES string of the molecule is Fc1ccn2nccc2c1. The summed E-state index contributed by atoms with van der Waals surface area (Å²) in [5.74, 6) is -0.229. The molecule has 0 aliphatic carbocycles. The van der Waals surface area contributed by atoms with E-state index in [1.807, 2.05) is 0 Å². The van der Waals surface area contributed by atoms with Gasteiger partial charge >= 0.3 is 0 Å². The van der Waals surface area contributed by atoms with Gasteiger partial charge in [0.05, 0.1) is 5.52 Å². The molecule has 0 fully saturated rings. The monoisotopic (exact) mass is 136 g/mol. The Bertz CT molecular complexity index is 353. The minimum atomic E-state index is -0.229. The molecule has 2 rings (SSSR count). The Balaban J connectivity index is 2.86. The Hall–Kier alpha value is -1.38. The number of pyridine rings is 1. The molecule has 0 amide bonds. The van der Waals surface area contributed by atoms with Gasteiger partial charge < -0.3 is 0 Å². The molecule has 0 saturated heterocycles. The molecule has 2 aromatic rings. The Labute approximate surface area is 56.9 Å². The highest BCUT2D eigenvalue weighted by molar-refractivity contribution is 5.44. The molecule has 0 aliphatic heterocycles. The molecule has 0 aromatic carbocycles. The molecule has 2 heterocycles. The first-order valence-corrected chi connectivity index (χ1v) is 2.95. The highest BCUT2D eigenvalue weighted by Gasteiger charge is 1.92. The quantitative estimate of drug-likeness (QED) is 0.536. The molecule has 0 saturated carbocycles. The van der Waals surface area contributed by atoms with Crippen LogP contribution in [0.2, 0.25) is 0 Å². The van der Waals surface area contributed by atoms with Crippen molar-refractivity contribution in [1.29, 1.82) is 0 Å². The van der Waals surface area contributed by atoms with Gasteiger partial charge in [-0.3, -0.25) is 0 Å². The molecular weight excluding hydrogens is 131 g/mol. The summed E-state index contributed by atoms with van der Waals surface area (Å²) in [6.45, 7) is 0. The summed E-state index contributed by atoms with van der Waals surface area (Å²) in [6, 6.07) is 4.57. The zero-order chi connectivity index (χ0) is 6.97. The van der Waals surface area contributed by atoms with Crippen molar-refractivity contribution in [3.8, 4) is 0 Å². The number of aromatic nitrogens is 2. The highest BCUT2D eigenvalue weighted by Crippen LogP contribution is 2.03. The Kier molecular flexibility index (Phi) is 0.974. The normalized spacial score (nSPS) is 10.5. The van der Waals surface area contributed by atoms with Crippen molar-refractivity contribution in [3.05, 3.63) is 36.4 Å². The molecule has 0 N–H and O–H groups in total. The summed E-state index contributed by atoms with van der Waals surface area (Å²) in [6.07, 6.45) is 3.22. The van der Waals surface area contributed by atoms with Crippen molar-refractivity contribution in [3.63, 3.8) is 0 Å². The van der Waals surface area contributed by atoms with Gasteiger partial charge in [0.2, 0.25) is 0 Å². The molecule has 0 radical (unpaired) electrons. The molecule has 0 atom stereocenters. The lowest BCUT2D eigenvalue weighted by Gasteiger charge is -1.89.